The maximum Gasteiger partial charge on any atom is 0.343 e. The Morgan fingerprint density at radius 1 is 1.11 bits per heavy atom. The maximum atomic E-state index is 11.9. The molecule has 2 rings (SSSR count). The summed E-state index contributed by atoms with van der Waals surface area (Å²) in [4.78, 5) is 21.8. The zero-order chi connectivity index (χ0) is 13.8. The fourth-order valence-electron chi connectivity index (χ4n) is 1.55. The number of hydrogen-bond donors (Lipinski definition) is 0. The van der Waals surface area contributed by atoms with Gasteiger partial charge in [-0.3, -0.25) is 10.1 Å². The molecule has 0 heterocycles. The van der Waals surface area contributed by atoms with Crippen LogP contribution in [-0.2, 0) is 0 Å². The van der Waals surface area contributed by atoms with Crippen LogP contribution in [0.3, 0.4) is 0 Å². The van der Waals surface area contributed by atoms with Crippen molar-refractivity contribution in [2.45, 2.75) is 6.92 Å². The zero-order valence-electron chi connectivity index (χ0n) is 10.2. The molecule has 0 bridgehead atoms. The van der Waals surface area contributed by atoms with Crippen molar-refractivity contribution in [2.75, 3.05) is 0 Å². The van der Waals surface area contributed by atoms with Gasteiger partial charge in [0.2, 0.25) is 0 Å². The van der Waals surface area contributed by atoms with Gasteiger partial charge in [-0.2, -0.15) is 0 Å². The number of carbonyl (C=O) groups is 1. The van der Waals surface area contributed by atoms with E-state index in [1.165, 1.54) is 24.3 Å². The average molecular weight is 257 g/mol. The summed E-state index contributed by atoms with van der Waals surface area (Å²) in [5.41, 5.74) is 1.05. The van der Waals surface area contributed by atoms with Crippen molar-refractivity contribution in [3.05, 3.63) is 69.8 Å². The molecule has 0 spiro atoms. The van der Waals surface area contributed by atoms with Gasteiger partial charge in [0.1, 0.15) is 5.75 Å². The summed E-state index contributed by atoms with van der Waals surface area (Å²) in [5.74, 6) is -0.0601. The number of ether oxygens (including phenoxy) is 1. The molecule has 0 saturated heterocycles. The third-order valence-electron chi connectivity index (χ3n) is 2.61. The van der Waals surface area contributed by atoms with Gasteiger partial charge in [0.05, 0.1) is 10.5 Å². The highest BCUT2D eigenvalue weighted by Crippen LogP contribution is 2.19. The largest absolute Gasteiger partial charge is 0.423 e. The molecule has 96 valence electrons. The number of hydrogen-bond acceptors (Lipinski definition) is 4. The highest BCUT2D eigenvalue weighted by molar-refractivity contribution is 5.91. The van der Waals surface area contributed by atoms with E-state index in [0.29, 0.717) is 5.75 Å². The highest BCUT2D eigenvalue weighted by atomic mass is 16.6. The summed E-state index contributed by atoms with van der Waals surface area (Å²) < 4.78 is 5.22. The number of non-ortho nitro benzene ring substituents is 1. The Bertz CT molecular complexity index is 620. The van der Waals surface area contributed by atoms with E-state index in [9.17, 15) is 14.9 Å². The summed E-state index contributed by atoms with van der Waals surface area (Å²) >= 11 is 0. The molecule has 19 heavy (non-hydrogen) atoms. The van der Waals surface area contributed by atoms with Crippen molar-refractivity contribution < 1.29 is 14.5 Å². The SMILES string of the molecule is Cc1ccccc1OC(=O)c1ccc([N+](=O)[O-])cc1. The van der Waals surface area contributed by atoms with Crippen LogP contribution in [0.25, 0.3) is 0 Å². The molecule has 5 heteroatoms. The Morgan fingerprint density at radius 2 is 1.74 bits per heavy atom. The van der Waals surface area contributed by atoms with Crippen molar-refractivity contribution >= 4 is 11.7 Å². The number of para-hydroxylation sites is 1. The lowest BCUT2D eigenvalue weighted by Crippen LogP contribution is -2.09. The molecule has 0 atom stereocenters. The topological polar surface area (TPSA) is 69.4 Å². The molecule has 2 aromatic carbocycles. The van der Waals surface area contributed by atoms with Crippen molar-refractivity contribution in [2.24, 2.45) is 0 Å². The second-order valence-corrected chi connectivity index (χ2v) is 3.96. The number of carbonyl (C=O) groups excluding carboxylic acids is 1. The van der Waals surface area contributed by atoms with Crippen LogP contribution in [0.1, 0.15) is 15.9 Å². The molecule has 0 amide bonds. The van der Waals surface area contributed by atoms with Crippen LogP contribution < -0.4 is 4.74 Å². The fraction of sp³-hybridized carbons (Fsp3) is 0.0714. The van der Waals surface area contributed by atoms with Gasteiger partial charge >= 0.3 is 5.97 Å². The quantitative estimate of drug-likeness (QED) is 0.366. The Balaban J connectivity index is 2.16. The summed E-state index contributed by atoms with van der Waals surface area (Å²) in [6.07, 6.45) is 0. The second-order valence-electron chi connectivity index (χ2n) is 3.96. The minimum absolute atomic E-state index is 0.0626. The second kappa shape index (κ2) is 5.30. The van der Waals surface area contributed by atoms with Gasteiger partial charge < -0.3 is 4.74 Å². The Morgan fingerprint density at radius 3 is 2.32 bits per heavy atom. The zero-order valence-corrected chi connectivity index (χ0v) is 10.2. The van der Waals surface area contributed by atoms with Crippen LogP contribution in [0.4, 0.5) is 5.69 Å². The predicted molar refractivity (Wildman–Crippen MR) is 69.2 cm³/mol. The van der Waals surface area contributed by atoms with E-state index in [1.54, 1.807) is 12.1 Å². The van der Waals surface area contributed by atoms with Gasteiger partial charge in [-0.25, -0.2) is 4.79 Å². The Labute approximate surface area is 109 Å². The van der Waals surface area contributed by atoms with Crippen LogP contribution in [-0.4, -0.2) is 10.9 Å². The molecule has 0 aromatic heterocycles. The summed E-state index contributed by atoms with van der Waals surface area (Å²) in [7, 11) is 0. The summed E-state index contributed by atoms with van der Waals surface area (Å²) in [6.45, 7) is 1.83. The molecule has 0 saturated carbocycles. The van der Waals surface area contributed by atoms with Gasteiger partial charge in [-0.05, 0) is 30.7 Å². The lowest BCUT2D eigenvalue weighted by molar-refractivity contribution is -0.384. The van der Waals surface area contributed by atoms with Gasteiger partial charge in [0.15, 0.2) is 0 Å². The number of esters is 1. The van der Waals surface area contributed by atoms with Crippen LogP contribution in [0.2, 0.25) is 0 Å². The molecule has 0 aliphatic rings. The van der Waals surface area contributed by atoms with Gasteiger partial charge in [0, 0.05) is 12.1 Å². The van der Waals surface area contributed by atoms with E-state index in [0.717, 1.165) is 5.56 Å². The van der Waals surface area contributed by atoms with Crippen molar-refractivity contribution in [3.63, 3.8) is 0 Å². The van der Waals surface area contributed by atoms with Gasteiger partial charge in [-0.15, -0.1) is 0 Å². The third kappa shape index (κ3) is 2.95. The van der Waals surface area contributed by atoms with E-state index in [2.05, 4.69) is 0 Å². The van der Waals surface area contributed by atoms with Crippen LogP contribution in [0.5, 0.6) is 5.75 Å². The Hall–Kier alpha value is -2.69. The predicted octanol–water partition coefficient (Wildman–Crippen LogP) is 3.12. The van der Waals surface area contributed by atoms with Crippen LogP contribution in [0, 0.1) is 17.0 Å². The van der Waals surface area contributed by atoms with E-state index >= 15 is 0 Å². The number of rotatable bonds is 3. The van der Waals surface area contributed by atoms with Crippen LogP contribution in [0.15, 0.2) is 48.5 Å². The molecular formula is C14H11NO4. The number of nitro groups is 1. The number of nitro benzene ring substituents is 1. The van der Waals surface area contributed by atoms with Crippen molar-refractivity contribution in [3.8, 4) is 5.75 Å². The lowest BCUT2D eigenvalue weighted by atomic mass is 10.2. The number of aryl methyl sites for hydroxylation is 1. The molecule has 0 radical (unpaired) electrons. The average Bonchev–Trinajstić information content (AvgIpc) is 2.41. The van der Waals surface area contributed by atoms with Gasteiger partial charge in [-0.1, -0.05) is 18.2 Å². The molecule has 0 aliphatic heterocycles. The first kappa shape index (κ1) is 12.8. The Kier molecular flexibility index (Phi) is 3.56. The normalized spacial score (nSPS) is 9.95. The minimum Gasteiger partial charge on any atom is -0.423 e. The lowest BCUT2D eigenvalue weighted by Gasteiger charge is -2.06. The number of nitrogens with zero attached hydrogens (tertiary/aromatic N) is 1. The molecular weight excluding hydrogens is 246 g/mol. The fourth-order valence-corrected chi connectivity index (χ4v) is 1.55. The first-order chi connectivity index (χ1) is 9.08. The summed E-state index contributed by atoms with van der Waals surface area (Å²) in [5, 5.41) is 10.5. The summed E-state index contributed by atoms with van der Waals surface area (Å²) in [6, 6.07) is 12.4. The minimum atomic E-state index is -0.538. The molecule has 0 N–H and O–H groups in total. The maximum absolute atomic E-state index is 11.9. The van der Waals surface area contributed by atoms with E-state index in [1.807, 2.05) is 19.1 Å². The van der Waals surface area contributed by atoms with E-state index in [-0.39, 0.29) is 11.3 Å². The number of benzene rings is 2. The molecule has 0 unspecified atom stereocenters. The first-order valence-corrected chi connectivity index (χ1v) is 5.60. The first-order valence-electron chi connectivity index (χ1n) is 5.60. The molecule has 0 fully saturated rings. The molecule has 5 nitrogen and oxygen atoms in total. The van der Waals surface area contributed by atoms with Gasteiger partial charge in [0.25, 0.3) is 5.69 Å². The van der Waals surface area contributed by atoms with E-state index < -0.39 is 10.9 Å². The molecule has 2 aromatic rings. The van der Waals surface area contributed by atoms with Crippen molar-refractivity contribution in [1.29, 1.82) is 0 Å². The highest BCUT2D eigenvalue weighted by Gasteiger charge is 2.12. The molecule has 0 aliphatic carbocycles. The van der Waals surface area contributed by atoms with E-state index in [4.69, 9.17) is 4.74 Å². The third-order valence-corrected chi connectivity index (χ3v) is 2.61. The van der Waals surface area contributed by atoms with Crippen molar-refractivity contribution in [1.82, 2.24) is 0 Å². The monoisotopic (exact) mass is 257 g/mol. The van der Waals surface area contributed by atoms with Crippen LogP contribution >= 0.6 is 0 Å². The standard InChI is InChI=1S/C14H11NO4/c1-10-4-2-3-5-13(10)19-14(16)11-6-8-12(9-7-11)15(17)18/h2-9H,1H3. The smallest absolute Gasteiger partial charge is 0.343 e.